The fraction of sp³-hybridized carbons (Fsp3) is 0.846. The zero-order chi connectivity index (χ0) is 14.3. The van der Waals surface area contributed by atoms with Gasteiger partial charge < -0.3 is 20.5 Å². The van der Waals surface area contributed by atoms with E-state index in [9.17, 15) is 4.79 Å². The predicted octanol–water partition coefficient (Wildman–Crippen LogP) is 1.05. The second-order valence-electron chi connectivity index (χ2n) is 4.28. The van der Waals surface area contributed by atoms with Crippen LogP contribution in [0.25, 0.3) is 0 Å². The van der Waals surface area contributed by atoms with E-state index in [1.54, 1.807) is 7.11 Å². The maximum Gasteiger partial charge on any atom is 0.305 e. The van der Waals surface area contributed by atoms with Crippen LogP contribution in [-0.4, -0.2) is 45.8 Å². The molecule has 0 aliphatic carbocycles. The van der Waals surface area contributed by atoms with Gasteiger partial charge in [0.1, 0.15) is 0 Å². The number of hydrogen-bond acceptors (Lipinski definition) is 4. The third-order valence-corrected chi connectivity index (χ3v) is 2.66. The molecule has 0 unspecified atom stereocenters. The minimum Gasteiger partial charge on any atom is -0.469 e. The molecule has 0 atom stereocenters. The molecule has 0 aliphatic rings. The Bertz CT molecular complexity index is 258. The summed E-state index contributed by atoms with van der Waals surface area (Å²) in [5.41, 5.74) is 5.66. The van der Waals surface area contributed by atoms with E-state index in [0.717, 1.165) is 38.6 Å². The van der Waals surface area contributed by atoms with Crippen LogP contribution in [-0.2, 0) is 14.3 Å². The highest BCUT2D eigenvalue weighted by Gasteiger charge is 1.98. The van der Waals surface area contributed by atoms with Crippen molar-refractivity contribution < 1.29 is 14.3 Å². The zero-order valence-corrected chi connectivity index (χ0v) is 12.1. The highest BCUT2D eigenvalue weighted by Crippen LogP contribution is 2.05. The number of guanidine groups is 1. The molecule has 0 aromatic rings. The molecule has 0 spiro atoms. The van der Waals surface area contributed by atoms with Gasteiger partial charge in [-0.1, -0.05) is 19.3 Å². The third-order valence-electron chi connectivity index (χ3n) is 2.66. The molecule has 6 heteroatoms. The SMILES string of the molecule is COCCNC(N)=NCCCCCCCC(=O)OC. The number of hydrogen-bond donors (Lipinski definition) is 2. The van der Waals surface area contributed by atoms with Gasteiger partial charge in [-0.15, -0.1) is 0 Å². The Labute approximate surface area is 115 Å². The maximum absolute atomic E-state index is 10.9. The molecule has 0 aliphatic heterocycles. The van der Waals surface area contributed by atoms with Crippen molar-refractivity contribution in [2.75, 3.05) is 33.9 Å². The summed E-state index contributed by atoms with van der Waals surface area (Å²) in [6.07, 6.45) is 5.71. The summed E-state index contributed by atoms with van der Waals surface area (Å²) >= 11 is 0. The first-order valence-electron chi connectivity index (χ1n) is 6.80. The molecule has 0 bridgehead atoms. The topological polar surface area (TPSA) is 85.9 Å². The number of methoxy groups -OCH3 is 2. The minimum atomic E-state index is -0.125. The number of esters is 1. The van der Waals surface area contributed by atoms with Crippen LogP contribution < -0.4 is 11.1 Å². The Morgan fingerprint density at radius 2 is 1.84 bits per heavy atom. The first-order chi connectivity index (χ1) is 9.20. The Morgan fingerprint density at radius 1 is 1.16 bits per heavy atom. The third kappa shape index (κ3) is 12.9. The van der Waals surface area contributed by atoms with Crippen molar-refractivity contribution in [2.45, 2.75) is 38.5 Å². The van der Waals surface area contributed by atoms with E-state index in [1.165, 1.54) is 7.11 Å². The van der Waals surface area contributed by atoms with Gasteiger partial charge >= 0.3 is 5.97 Å². The van der Waals surface area contributed by atoms with Crippen molar-refractivity contribution in [1.82, 2.24) is 5.32 Å². The van der Waals surface area contributed by atoms with E-state index >= 15 is 0 Å². The largest absolute Gasteiger partial charge is 0.469 e. The first-order valence-corrected chi connectivity index (χ1v) is 6.80. The monoisotopic (exact) mass is 273 g/mol. The van der Waals surface area contributed by atoms with Crippen LogP contribution in [0.3, 0.4) is 0 Å². The van der Waals surface area contributed by atoms with E-state index in [4.69, 9.17) is 10.5 Å². The van der Waals surface area contributed by atoms with E-state index < -0.39 is 0 Å². The van der Waals surface area contributed by atoms with Crippen LogP contribution in [0, 0.1) is 0 Å². The summed E-state index contributed by atoms with van der Waals surface area (Å²) in [7, 11) is 3.07. The Morgan fingerprint density at radius 3 is 2.53 bits per heavy atom. The average Bonchev–Trinajstić information content (AvgIpc) is 2.41. The summed E-state index contributed by atoms with van der Waals surface area (Å²) in [5.74, 6) is 0.349. The lowest BCUT2D eigenvalue weighted by Crippen LogP contribution is -2.34. The van der Waals surface area contributed by atoms with Crippen molar-refractivity contribution in [3.63, 3.8) is 0 Å². The normalized spacial score (nSPS) is 11.4. The maximum atomic E-state index is 10.9. The van der Waals surface area contributed by atoms with Crippen molar-refractivity contribution in [3.8, 4) is 0 Å². The van der Waals surface area contributed by atoms with Crippen LogP contribution in [0.5, 0.6) is 0 Å². The number of rotatable bonds is 11. The van der Waals surface area contributed by atoms with Crippen LogP contribution in [0.15, 0.2) is 4.99 Å². The molecule has 0 fully saturated rings. The lowest BCUT2D eigenvalue weighted by Gasteiger charge is -2.04. The second kappa shape index (κ2) is 13.1. The van der Waals surface area contributed by atoms with Gasteiger partial charge in [0.05, 0.1) is 13.7 Å². The van der Waals surface area contributed by atoms with Gasteiger partial charge in [0.15, 0.2) is 5.96 Å². The summed E-state index contributed by atoms with van der Waals surface area (Å²) in [6.45, 7) is 2.04. The van der Waals surface area contributed by atoms with Crippen molar-refractivity contribution in [3.05, 3.63) is 0 Å². The molecule has 0 radical (unpaired) electrons. The number of ether oxygens (including phenoxy) is 2. The molecular formula is C13H27N3O3. The van der Waals surface area contributed by atoms with Gasteiger partial charge in [0.25, 0.3) is 0 Å². The highest BCUT2D eigenvalue weighted by atomic mass is 16.5. The smallest absolute Gasteiger partial charge is 0.305 e. The number of carbonyl (C=O) groups is 1. The van der Waals surface area contributed by atoms with Crippen molar-refractivity contribution in [1.29, 1.82) is 0 Å². The van der Waals surface area contributed by atoms with Gasteiger partial charge in [-0.3, -0.25) is 9.79 Å². The Kier molecular flexibility index (Phi) is 12.2. The Hall–Kier alpha value is -1.30. The quantitative estimate of drug-likeness (QED) is 0.254. The average molecular weight is 273 g/mol. The van der Waals surface area contributed by atoms with Gasteiger partial charge in [0.2, 0.25) is 0 Å². The molecule has 0 rings (SSSR count). The van der Waals surface area contributed by atoms with Crippen LogP contribution in [0.1, 0.15) is 38.5 Å². The number of nitrogens with zero attached hydrogens (tertiary/aromatic N) is 1. The number of unbranched alkanes of at least 4 members (excludes halogenated alkanes) is 4. The number of aliphatic imine (C=N–C) groups is 1. The fourth-order valence-corrected chi connectivity index (χ4v) is 1.55. The molecule has 0 saturated heterocycles. The van der Waals surface area contributed by atoms with Crippen LogP contribution in [0.4, 0.5) is 0 Å². The molecule has 3 N–H and O–H groups in total. The number of nitrogens with two attached hydrogens (primary N) is 1. The molecule has 112 valence electrons. The zero-order valence-electron chi connectivity index (χ0n) is 12.1. The summed E-state index contributed by atoms with van der Waals surface area (Å²) < 4.78 is 9.47. The molecule has 0 aromatic carbocycles. The lowest BCUT2D eigenvalue weighted by atomic mass is 10.1. The molecule has 6 nitrogen and oxygen atoms in total. The highest BCUT2D eigenvalue weighted by molar-refractivity contribution is 5.77. The lowest BCUT2D eigenvalue weighted by molar-refractivity contribution is -0.140. The Balaban J connectivity index is 3.29. The van der Waals surface area contributed by atoms with Crippen molar-refractivity contribution in [2.24, 2.45) is 10.7 Å². The number of nitrogens with one attached hydrogen (secondary N) is 1. The van der Waals surface area contributed by atoms with E-state index in [0.29, 0.717) is 25.5 Å². The van der Waals surface area contributed by atoms with Gasteiger partial charge in [-0.05, 0) is 12.8 Å². The van der Waals surface area contributed by atoms with Crippen molar-refractivity contribution >= 4 is 11.9 Å². The van der Waals surface area contributed by atoms with Gasteiger partial charge in [-0.25, -0.2) is 0 Å². The standard InChI is InChI=1S/C13H27N3O3/c1-18-11-10-16-13(14)15-9-7-5-3-4-6-8-12(17)19-2/h3-11H2,1-2H3,(H3,14,15,16). The van der Waals surface area contributed by atoms with Gasteiger partial charge in [0, 0.05) is 26.6 Å². The molecule has 0 saturated carbocycles. The van der Waals surface area contributed by atoms with E-state index in [1.807, 2.05) is 0 Å². The second-order valence-corrected chi connectivity index (χ2v) is 4.28. The first kappa shape index (κ1) is 17.7. The van der Waals surface area contributed by atoms with Gasteiger partial charge in [-0.2, -0.15) is 0 Å². The summed E-state index contributed by atoms with van der Waals surface area (Å²) in [5, 5.41) is 2.97. The van der Waals surface area contributed by atoms with Crippen LogP contribution in [0.2, 0.25) is 0 Å². The van der Waals surface area contributed by atoms with E-state index in [2.05, 4.69) is 15.0 Å². The number of carbonyl (C=O) groups excluding carboxylic acids is 1. The minimum absolute atomic E-state index is 0.125. The molecular weight excluding hydrogens is 246 g/mol. The molecule has 0 amide bonds. The van der Waals surface area contributed by atoms with E-state index in [-0.39, 0.29) is 5.97 Å². The summed E-state index contributed by atoms with van der Waals surface area (Å²) in [6, 6.07) is 0. The molecule has 19 heavy (non-hydrogen) atoms. The fourth-order valence-electron chi connectivity index (χ4n) is 1.55. The molecule has 0 aromatic heterocycles. The molecule has 0 heterocycles. The van der Waals surface area contributed by atoms with Crippen LogP contribution >= 0.6 is 0 Å². The summed E-state index contributed by atoms with van der Waals surface area (Å²) in [4.78, 5) is 15.1. The predicted molar refractivity (Wildman–Crippen MR) is 76.1 cm³/mol.